The first kappa shape index (κ1) is 35.4. The van der Waals surface area contributed by atoms with Gasteiger partial charge in [-0.15, -0.1) is 0 Å². The van der Waals surface area contributed by atoms with Crippen LogP contribution in [0.15, 0.2) is 84.9 Å². The molecule has 217 valence electrons. The van der Waals surface area contributed by atoms with E-state index in [0.717, 1.165) is 17.0 Å². The second-order valence-electron chi connectivity index (χ2n) is 10.5. The first-order valence-electron chi connectivity index (χ1n) is 13.9. The number of aliphatic hydroxyl groups is 2. The largest absolute Gasteiger partial charge is 0.628 e. The van der Waals surface area contributed by atoms with Crippen molar-refractivity contribution in [1.29, 1.82) is 0 Å². The molecule has 1 aromatic heterocycles. The van der Waals surface area contributed by atoms with E-state index < -0.39 is 18.2 Å². The Morgan fingerprint density at radius 3 is 2.09 bits per heavy atom. The average Bonchev–Trinajstić information content (AvgIpc) is 3.33. The normalized spacial score (nSPS) is 12.3. The van der Waals surface area contributed by atoms with Crippen molar-refractivity contribution >= 4 is 85.6 Å². The Kier molecular flexibility index (Phi) is 13.8. The fourth-order valence-electron chi connectivity index (χ4n) is 5.24. The van der Waals surface area contributed by atoms with Crippen LogP contribution in [0.4, 0.5) is 10.1 Å². The van der Waals surface area contributed by atoms with E-state index >= 15 is 0 Å². The van der Waals surface area contributed by atoms with Crippen molar-refractivity contribution in [2.24, 2.45) is 0 Å². The summed E-state index contributed by atoms with van der Waals surface area (Å²) in [5.74, 6) is -1.35. The third-order valence-corrected chi connectivity index (χ3v) is 7.32. The Morgan fingerprint density at radius 2 is 1.51 bits per heavy atom. The number of carbonyl (C=O) groups is 2. The van der Waals surface area contributed by atoms with Crippen molar-refractivity contribution in [2.45, 2.75) is 57.8 Å². The zero-order valence-corrected chi connectivity index (χ0v) is 28.9. The molecule has 0 aliphatic carbocycles. The van der Waals surface area contributed by atoms with Crippen molar-refractivity contribution in [3.05, 3.63) is 102 Å². The minimum atomic E-state index is -1.06. The predicted molar refractivity (Wildman–Crippen MR) is 167 cm³/mol. The van der Waals surface area contributed by atoms with Crippen LogP contribution >= 0.6 is 0 Å². The third kappa shape index (κ3) is 9.21. The van der Waals surface area contributed by atoms with Crippen LogP contribution in [-0.2, 0) is 15.1 Å². The fraction of sp³-hybridized carbons (Fsp3) is 0.273. The number of amides is 1. The molecule has 7 nitrogen and oxygen atoms in total. The Bertz CT molecular complexity index is 1500. The van der Waals surface area contributed by atoms with E-state index in [-0.39, 0.29) is 88.3 Å². The predicted octanol–water partition coefficient (Wildman–Crippen LogP) is 5.47. The van der Waals surface area contributed by atoms with Crippen LogP contribution < -0.4 is 5.32 Å². The van der Waals surface area contributed by atoms with Crippen LogP contribution in [0, 0.1) is 5.82 Å². The minimum Gasteiger partial charge on any atom is -0.628 e. The van der Waals surface area contributed by atoms with E-state index in [2.05, 4.69) is 9.11 Å². The first-order chi connectivity index (χ1) is 20.2. The summed E-state index contributed by atoms with van der Waals surface area (Å²) in [5.41, 5.74) is 4.88. The van der Waals surface area contributed by atoms with Crippen molar-refractivity contribution in [2.75, 3.05) is 5.32 Å². The maximum absolute atomic E-state index is 14.1. The molecule has 1 amide bonds. The number of aliphatic hydroxyl groups excluding tert-OH is 2. The van der Waals surface area contributed by atoms with Gasteiger partial charge >= 0.3 is 16.6 Å². The topological polar surface area (TPSA) is 101 Å². The number of benzene rings is 3. The molecule has 0 fully saturated rings. The molecular weight excluding hydrogens is 589 g/mol. The summed E-state index contributed by atoms with van der Waals surface area (Å²) in [4.78, 5) is 25.6. The molecule has 3 aromatic carbocycles. The molecule has 43 heavy (non-hydrogen) atoms. The van der Waals surface area contributed by atoms with Crippen LogP contribution in [-0.4, -0.2) is 107 Å². The van der Waals surface area contributed by atoms with E-state index in [4.69, 9.17) is 0 Å². The SMILES string of the molecule is CC(C)c1c(C(=O)Nc2ccccc2)c(-c2ccccc2)c(-c2ccc(F)cc2)n1CC[C@@H](O)C[C@@H](O)CC(=O)[O][Al].[K]. The number of anilines is 1. The van der Waals surface area contributed by atoms with Gasteiger partial charge in [-0.05, 0) is 66.3 Å². The molecule has 0 aliphatic rings. The molecule has 0 unspecified atom stereocenters. The summed E-state index contributed by atoms with van der Waals surface area (Å²) < 4.78 is 20.6. The molecular formula is C33H34AlFKN2O5. The molecule has 10 heteroatoms. The second kappa shape index (κ2) is 16.8. The Morgan fingerprint density at radius 1 is 0.907 bits per heavy atom. The van der Waals surface area contributed by atoms with Gasteiger partial charge in [0.2, 0.25) is 0 Å². The van der Waals surface area contributed by atoms with Gasteiger partial charge in [0.05, 0.1) is 29.9 Å². The van der Waals surface area contributed by atoms with Gasteiger partial charge in [-0.1, -0.05) is 62.4 Å². The molecule has 0 spiro atoms. The number of carbonyl (C=O) groups excluding carboxylic acids is 2. The maximum atomic E-state index is 14.1. The number of nitrogens with one attached hydrogen (secondary N) is 1. The van der Waals surface area contributed by atoms with Gasteiger partial charge in [0.15, 0.2) is 0 Å². The molecule has 4 aromatic rings. The van der Waals surface area contributed by atoms with Crippen LogP contribution in [0.25, 0.3) is 22.4 Å². The summed E-state index contributed by atoms with van der Waals surface area (Å²) in [7, 11) is 0. The summed E-state index contributed by atoms with van der Waals surface area (Å²) in [6, 6.07) is 24.9. The van der Waals surface area contributed by atoms with Gasteiger partial charge in [-0.3, -0.25) is 9.59 Å². The van der Waals surface area contributed by atoms with Gasteiger partial charge in [-0.2, -0.15) is 0 Å². The number of hydrogen-bond donors (Lipinski definition) is 3. The molecule has 0 saturated carbocycles. The first-order valence-corrected chi connectivity index (χ1v) is 14.4. The van der Waals surface area contributed by atoms with Crippen molar-refractivity contribution in [3.8, 4) is 22.4 Å². The maximum Gasteiger partial charge on any atom is 0.484 e. The third-order valence-electron chi connectivity index (χ3n) is 7.05. The number of rotatable bonds is 12. The zero-order chi connectivity index (χ0) is 30.2. The molecule has 3 radical (unpaired) electrons. The Labute approximate surface area is 302 Å². The summed E-state index contributed by atoms with van der Waals surface area (Å²) in [5, 5.41) is 24.1. The van der Waals surface area contributed by atoms with E-state index in [1.54, 1.807) is 12.1 Å². The van der Waals surface area contributed by atoms with E-state index in [9.17, 15) is 24.2 Å². The van der Waals surface area contributed by atoms with Gasteiger partial charge in [0.25, 0.3) is 11.9 Å². The van der Waals surface area contributed by atoms with E-state index in [1.165, 1.54) is 12.1 Å². The number of nitrogens with zero attached hydrogens (tertiary/aromatic N) is 1. The number of aromatic nitrogens is 1. The summed E-state index contributed by atoms with van der Waals surface area (Å²) in [6.45, 7) is 4.31. The standard InChI is InChI=1S/C33H35FN2O5.Al.K/c1-21(2)31-30(33(41)35-25-11-7-4-8-12-25)29(22-9-5-3-6-10-22)32(23-13-15-24(34)16-14-23)36(31)18-17-26(37)19-27(38)20-28(39)40;;/h3-16,21,26-27,37-38H,17-20H2,1-2H3,(H,35,41)(H,39,40);;/q;+1;/p-1/t26-,27-;;/m1../s1. The van der Waals surface area contributed by atoms with Crippen molar-refractivity contribution < 1.29 is 28.0 Å². The average molecular weight is 624 g/mol. The number of halogens is 1. The van der Waals surface area contributed by atoms with Crippen LogP contribution in [0.5, 0.6) is 0 Å². The fourth-order valence-corrected chi connectivity index (χ4v) is 5.34. The van der Waals surface area contributed by atoms with Gasteiger partial charge in [-0.25, -0.2) is 4.39 Å². The Balaban J connectivity index is 0.00000506. The Hall–Kier alpha value is -2.10. The second-order valence-corrected chi connectivity index (χ2v) is 10.7. The molecule has 0 saturated heterocycles. The van der Waals surface area contributed by atoms with Crippen LogP contribution in [0.1, 0.15) is 55.1 Å². The molecule has 0 bridgehead atoms. The summed E-state index contributed by atoms with van der Waals surface area (Å²) >= 11 is 1.85. The molecule has 4 rings (SSSR count). The summed E-state index contributed by atoms with van der Waals surface area (Å²) in [6.07, 6.45) is -2.00. The van der Waals surface area contributed by atoms with Gasteiger partial charge < -0.3 is 23.9 Å². The quantitative estimate of drug-likeness (QED) is 0.182. The van der Waals surface area contributed by atoms with E-state index in [0.29, 0.717) is 28.9 Å². The van der Waals surface area contributed by atoms with Crippen molar-refractivity contribution in [3.63, 3.8) is 0 Å². The van der Waals surface area contributed by atoms with Crippen molar-refractivity contribution in [1.82, 2.24) is 4.57 Å². The molecule has 2 atom stereocenters. The molecule has 1 heterocycles. The van der Waals surface area contributed by atoms with Gasteiger partial charge in [0, 0.05) is 74.9 Å². The molecule has 0 aliphatic heterocycles. The molecule has 3 N–H and O–H groups in total. The zero-order valence-electron chi connectivity index (χ0n) is 24.7. The van der Waals surface area contributed by atoms with E-state index in [1.807, 2.05) is 95.7 Å². The monoisotopic (exact) mass is 623 g/mol. The van der Waals surface area contributed by atoms with Gasteiger partial charge in [0.1, 0.15) is 5.82 Å². The van der Waals surface area contributed by atoms with Crippen LogP contribution in [0.3, 0.4) is 0 Å². The smallest absolute Gasteiger partial charge is 0.484 e. The van der Waals surface area contributed by atoms with Crippen LogP contribution in [0.2, 0.25) is 0 Å². The minimum absolute atomic E-state index is 0. The number of para-hydroxylation sites is 1. The number of hydrogen-bond acceptors (Lipinski definition) is 5.